The monoisotopic (exact) mass is 383 g/mol. The van der Waals surface area contributed by atoms with Gasteiger partial charge in [0.1, 0.15) is 0 Å². The first-order valence-corrected chi connectivity index (χ1v) is 8.92. The standard InChI is InChI=1S/C19H24F3N3O2/c1-3-4-10-27-11-6-9-23-18(26)17-13-24-25(14(17)2)16-8-5-7-15(12-16)19(20,21)22/h5,7-8,12-13H,3-4,6,9-11H2,1-2H3,(H,23,26). The highest BCUT2D eigenvalue weighted by Gasteiger charge is 2.30. The molecule has 27 heavy (non-hydrogen) atoms. The van der Waals surface area contributed by atoms with Crippen LogP contribution in [-0.4, -0.2) is 35.4 Å². The molecule has 0 fully saturated rings. The fourth-order valence-corrected chi connectivity index (χ4v) is 2.53. The van der Waals surface area contributed by atoms with Gasteiger partial charge in [-0.1, -0.05) is 19.4 Å². The number of rotatable bonds is 9. The zero-order chi connectivity index (χ0) is 19.9. The summed E-state index contributed by atoms with van der Waals surface area (Å²) >= 11 is 0. The molecular weight excluding hydrogens is 359 g/mol. The van der Waals surface area contributed by atoms with Gasteiger partial charge in [-0.05, 0) is 38.0 Å². The van der Waals surface area contributed by atoms with Gasteiger partial charge < -0.3 is 10.1 Å². The van der Waals surface area contributed by atoms with Crippen molar-refractivity contribution in [1.29, 1.82) is 0 Å². The molecule has 0 spiro atoms. The lowest BCUT2D eigenvalue weighted by Gasteiger charge is -2.10. The van der Waals surface area contributed by atoms with Crippen LogP contribution in [0.3, 0.4) is 0 Å². The number of halogens is 3. The van der Waals surface area contributed by atoms with Gasteiger partial charge in [-0.15, -0.1) is 0 Å². The van der Waals surface area contributed by atoms with Crippen LogP contribution in [0.4, 0.5) is 13.2 Å². The average Bonchev–Trinajstić information content (AvgIpc) is 3.02. The molecule has 0 aliphatic rings. The molecule has 1 aromatic heterocycles. The highest BCUT2D eigenvalue weighted by atomic mass is 19.4. The number of nitrogens with one attached hydrogen (secondary N) is 1. The second-order valence-electron chi connectivity index (χ2n) is 6.18. The fraction of sp³-hybridized carbons (Fsp3) is 0.474. The van der Waals surface area contributed by atoms with Gasteiger partial charge in [0.2, 0.25) is 0 Å². The molecule has 0 saturated heterocycles. The van der Waals surface area contributed by atoms with Gasteiger partial charge in [0.05, 0.1) is 28.7 Å². The lowest BCUT2D eigenvalue weighted by molar-refractivity contribution is -0.137. The normalized spacial score (nSPS) is 11.6. The number of aromatic nitrogens is 2. The Kier molecular flexibility index (Phi) is 7.41. The van der Waals surface area contributed by atoms with Gasteiger partial charge in [-0.25, -0.2) is 4.68 Å². The Hall–Kier alpha value is -2.35. The molecule has 0 atom stereocenters. The number of hydrogen-bond acceptors (Lipinski definition) is 3. The molecule has 148 valence electrons. The van der Waals surface area contributed by atoms with Crippen molar-refractivity contribution in [3.8, 4) is 5.69 Å². The third kappa shape index (κ3) is 5.82. The minimum absolute atomic E-state index is 0.255. The quantitative estimate of drug-likeness (QED) is 0.662. The summed E-state index contributed by atoms with van der Waals surface area (Å²) in [7, 11) is 0. The molecule has 5 nitrogen and oxygen atoms in total. The maximum Gasteiger partial charge on any atom is 0.416 e. The van der Waals surface area contributed by atoms with E-state index in [0.29, 0.717) is 37.4 Å². The SMILES string of the molecule is CCCCOCCCNC(=O)c1cnn(-c2cccc(C(F)(F)F)c2)c1C. The molecule has 0 saturated carbocycles. The van der Waals surface area contributed by atoms with Gasteiger partial charge in [0, 0.05) is 19.8 Å². The Labute approximate surface area is 156 Å². The van der Waals surface area contributed by atoms with E-state index in [1.165, 1.54) is 23.0 Å². The molecule has 2 rings (SSSR count). The molecule has 8 heteroatoms. The molecule has 2 aromatic rings. The fourth-order valence-electron chi connectivity index (χ4n) is 2.53. The maximum atomic E-state index is 12.9. The Bertz CT molecular complexity index is 757. The van der Waals surface area contributed by atoms with Crippen molar-refractivity contribution in [2.75, 3.05) is 19.8 Å². The zero-order valence-corrected chi connectivity index (χ0v) is 15.5. The van der Waals surface area contributed by atoms with Crippen LogP contribution in [0, 0.1) is 6.92 Å². The van der Waals surface area contributed by atoms with Crippen molar-refractivity contribution < 1.29 is 22.7 Å². The van der Waals surface area contributed by atoms with E-state index in [-0.39, 0.29) is 11.6 Å². The van der Waals surface area contributed by atoms with E-state index >= 15 is 0 Å². The van der Waals surface area contributed by atoms with Crippen LogP contribution in [0.1, 0.15) is 47.8 Å². The van der Waals surface area contributed by atoms with Gasteiger partial charge in [-0.2, -0.15) is 18.3 Å². The molecular formula is C19H24F3N3O2. The second-order valence-corrected chi connectivity index (χ2v) is 6.18. The van der Waals surface area contributed by atoms with E-state index in [4.69, 9.17) is 4.74 Å². The van der Waals surface area contributed by atoms with E-state index in [9.17, 15) is 18.0 Å². The zero-order valence-electron chi connectivity index (χ0n) is 15.5. The second kappa shape index (κ2) is 9.55. The number of alkyl halides is 3. The molecule has 0 aliphatic carbocycles. The van der Waals surface area contributed by atoms with Crippen LogP contribution >= 0.6 is 0 Å². The number of ether oxygens (including phenoxy) is 1. The Balaban J connectivity index is 1.97. The van der Waals surface area contributed by atoms with Crippen molar-refractivity contribution in [2.45, 2.75) is 39.3 Å². The molecule has 0 unspecified atom stereocenters. The number of unbranched alkanes of at least 4 members (excludes halogenated alkanes) is 1. The van der Waals surface area contributed by atoms with Crippen LogP contribution in [0.25, 0.3) is 5.69 Å². The van der Waals surface area contributed by atoms with Gasteiger partial charge in [-0.3, -0.25) is 4.79 Å². The highest BCUT2D eigenvalue weighted by Crippen LogP contribution is 2.30. The minimum Gasteiger partial charge on any atom is -0.381 e. The summed E-state index contributed by atoms with van der Waals surface area (Å²) in [5.74, 6) is -0.306. The number of amides is 1. The van der Waals surface area contributed by atoms with Crippen LogP contribution in [0.2, 0.25) is 0 Å². The maximum absolute atomic E-state index is 12.9. The molecule has 0 aliphatic heterocycles. The predicted octanol–water partition coefficient (Wildman–Crippen LogP) is 4.14. The summed E-state index contributed by atoms with van der Waals surface area (Å²) < 4.78 is 45.4. The van der Waals surface area contributed by atoms with E-state index in [1.54, 1.807) is 6.92 Å². The minimum atomic E-state index is -4.43. The molecule has 1 heterocycles. The van der Waals surface area contributed by atoms with Crippen molar-refractivity contribution in [3.05, 3.63) is 47.3 Å². The summed E-state index contributed by atoms with van der Waals surface area (Å²) in [5.41, 5.74) is 0.306. The topological polar surface area (TPSA) is 56.1 Å². The number of nitrogens with zero attached hydrogens (tertiary/aromatic N) is 2. The molecule has 0 radical (unpaired) electrons. The summed E-state index contributed by atoms with van der Waals surface area (Å²) in [4.78, 5) is 12.3. The van der Waals surface area contributed by atoms with Gasteiger partial charge in [0.15, 0.2) is 0 Å². The van der Waals surface area contributed by atoms with Gasteiger partial charge in [0.25, 0.3) is 5.91 Å². The number of carbonyl (C=O) groups is 1. The highest BCUT2D eigenvalue weighted by molar-refractivity contribution is 5.95. The number of benzene rings is 1. The molecule has 1 aromatic carbocycles. The lowest BCUT2D eigenvalue weighted by atomic mass is 10.2. The van der Waals surface area contributed by atoms with Crippen molar-refractivity contribution >= 4 is 5.91 Å². The smallest absolute Gasteiger partial charge is 0.381 e. The number of carbonyl (C=O) groups excluding carboxylic acids is 1. The number of hydrogen-bond donors (Lipinski definition) is 1. The van der Waals surface area contributed by atoms with E-state index < -0.39 is 11.7 Å². The van der Waals surface area contributed by atoms with Crippen LogP contribution < -0.4 is 5.32 Å². The van der Waals surface area contributed by atoms with E-state index in [2.05, 4.69) is 17.3 Å². The summed E-state index contributed by atoms with van der Waals surface area (Å²) in [6.07, 6.45) is -0.290. The third-order valence-corrected chi connectivity index (χ3v) is 4.07. The Morgan fingerprint density at radius 2 is 2.00 bits per heavy atom. The van der Waals surface area contributed by atoms with Crippen molar-refractivity contribution in [1.82, 2.24) is 15.1 Å². The van der Waals surface area contributed by atoms with Crippen LogP contribution in [0.15, 0.2) is 30.5 Å². The van der Waals surface area contributed by atoms with Gasteiger partial charge >= 0.3 is 6.18 Å². The largest absolute Gasteiger partial charge is 0.416 e. The molecule has 1 N–H and O–H groups in total. The molecule has 1 amide bonds. The summed E-state index contributed by atoms with van der Waals surface area (Å²) in [5, 5.41) is 6.85. The summed E-state index contributed by atoms with van der Waals surface area (Å²) in [6, 6.07) is 4.84. The molecule has 0 bridgehead atoms. The van der Waals surface area contributed by atoms with Crippen molar-refractivity contribution in [3.63, 3.8) is 0 Å². The van der Waals surface area contributed by atoms with Crippen LogP contribution in [0.5, 0.6) is 0 Å². The Morgan fingerprint density at radius 1 is 1.26 bits per heavy atom. The first-order chi connectivity index (χ1) is 12.8. The first kappa shape index (κ1) is 21.0. The summed E-state index contributed by atoms with van der Waals surface area (Å²) in [6.45, 7) is 5.48. The average molecular weight is 383 g/mol. The lowest BCUT2D eigenvalue weighted by Crippen LogP contribution is -2.25. The predicted molar refractivity (Wildman–Crippen MR) is 96.0 cm³/mol. The Morgan fingerprint density at radius 3 is 2.70 bits per heavy atom. The van der Waals surface area contributed by atoms with E-state index in [0.717, 1.165) is 25.0 Å². The van der Waals surface area contributed by atoms with E-state index in [1.807, 2.05) is 0 Å². The van der Waals surface area contributed by atoms with Crippen LogP contribution in [-0.2, 0) is 10.9 Å². The van der Waals surface area contributed by atoms with Crippen molar-refractivity contribution in [2.24, 2.45) is 0 Å². The first-order valence-electron chi connectivity index (χ1n) is 8.92. The third-order valence-electron chi connectivity index (χ3n) is 4.07.